The number of hydrogen-bond acceptors (Lipinski definition) is 3. The van der Waals surface area contributed by atoms with Crippen LogP contribution in [-0.2, 0) is 9.53 Å². The largest absolute Gasteiger partial charge is 0.411 e. The first kappa shape index (κ1) is 17.0. The number of rotatable bonds is 7. The summed E-state index contributed by atoms with van der Waals surface area (Å²) in [6.45, 7) is -3.90. The molecule has 0 saturated carbocycles. The molecule has 0 aliphatic rings. The van der Waals surface area contributed by atoms with E-state index in [0.717, 1.165) is 0 Å². The van der Waals surface area contributed by atoms with Crippen molar-refractivity contribution in [2.45, 2.75) is 12.4 Å². The minimum absolute atomic E-state index is 0.206. The second-order valence-electron chi connectivity index (χ2n) is 3.24. The van der Waals surface area contributed by atoms with E-state index in [-0.39, 0.29) is 13.2 Å². The molecule has 0 aromatic heterocycles. The van der Waals surface area contributed by atoms with Gasteiger partial charge in [0.25, 0.3) is 0 Å². The highest BCUT2D eigenvalue weighted by atomic mass is 19.4. The van der Waals surface area contributed by atoms with E-state index < -0.39 is 38.0 Å². The Morgan fingerprint density at radius 1 is 1.06 bits per heavy atom. The summed E-state index contributed by atoms with van der Waals surface area (Å²) < 4.78 is 73.9. The molecule has 0 aliphatic carbocycles. The third-order valence-electron chi connectivity index (χ3n) is 1.45. The SMILES string of the molecule is O=C(CNCC(F)(F)F)NCCOCC(F)(F)F. The number of nitrogens with one attached hydrogen (secondary N) is 2. The lowest BCUT2D eigenvalue weighted by Gasteiger charge is -2.10. The van der Waals surface area contributed by atoms with Crippen LogP contribution in [0.15, 0.2) is 0 Å². The number of hydrogen-bond donors (Lipinski definition) is 2. The predicted molar refractivity (Wildman–Crippen MR) is 48.8 cm³/mol. The average Bonchev–Trinajstić information content (AvgIpc) is 2.13. The maximum Gasteiger partial charge on any atom is 0.411 e. The molecule has 0 radical (unpaired) electrons. The topological polar surface area (TPSA) is 50.4 Å². The normalized spacial score (nSPS) is 12.6. The summed E-state index contributed by atoms with van der Waals surface area (Å²) in [5.41, 5.74) is 0. The maximum absolute atomic E-state index is 11.6. The maximum atomic E-state index is 11.6. The number of carbonyl (C=O) groups excluding carboxylic acids is 1. The Morgan fingerprint density at radius 3 is 2.17 bits per heavy atom. The molecule has 1 amide bonds. The molecule has 0 aliphatic heterocycles. The fraction of sp³-hybridized carbons (Fsp3) is 0.875. The minimum atomic E-state index is -4.45. The van der Waals surface area contributed by atoms with E-state index in [0.29, 0.717) is 0 Å². The second kappa shape index (κ2) is 7.41. The van der Waals surface area contributed by atoms with E-state index in [2.05, 4.69) is 10.1 Å². The van der Waals surface area contributed by atoms with Crippen molar-refractivity contribution in [2.24, 2.45) is 0 Å². The molecule has 108 valence electrons. The number of carbonyl (C=O) groups is 1. The summed E-state index contributed by atoms with van der Waals surface area (Å²) in [4.78, 5) is 10.9. The lowest BCUT2D eigenvalue weighted by atomic mass is 10.5. The van der Waals surface area contributed by atoms with Gasteiger partial charge in [-0.15, -0.1) is 0 Å². The third-order valence-corrected chi connectivity index (χ3v) is 1.45. The van der Waals surface area contributed by atoms with Crippen LogP contribution in [-0.4, -0.2) is 51.1 Å². The van der Waals surface area contributed by atoms with Crippen molar-refractivity contribution in [2.75, 3.05) is 32.8 Å². The van der Waals surface area contributed by atoms with Gasteiger partial charge in [-0.2, -0.15) is 26.3 Å². The Kier molecular flexibility index (Phi) is 6.99. The Morgan fingerprint density at radius 2 is 1.67 bits per heavy atom. The first-order valence-electron chi connectivity index (χ1n) is 4.79. The molecule has 0 bridgehead atoms. The fourth-order valence-corrected chi connectivity index (χ4v) is 0.831. The van der Waals surface area contributed by atoms with Crippen LogP contribution >= 0.6 is 0 Å². The van der Waals surface area contributed by atoms with E-state index >= 15 is 0 Å². The van der Waals surface area contributed by atoms with Crippen LogP contribution < -0.4 is 10.6 Å². The van der Waals surface area contributed by atoms with Crippen LogP contribution in [0.4, 0.5) is 26.3 Å². The van der Waals surface area contributed by atoms with Crippen molar-refractivity contribution in [3.8, 4) is 0 Å². The molecule has 0 spiro atoms. The summed E-state index contributed by atoms with van der Waals surface area (Å²) in [5, 5.41) is 3.93. The Balaban J connectivity index is 3.44. The fourth-order valence-electron chi connectivity index (χ4n) is 0.831. The quantitative estimate of drug-likeness (QED) is 0.537. The van der Waals surface area contributed by atoms with Crippen LogP contribution in [0.1, 0.15) is 0 Å². The number of amides is 1. The zero-order chi connectivity index (χ0) is 14.2. The van der Waals surface area contributed by atoms with Crippen LogP contribution in [0, 0.1) is 0 Å². The lowest BCUT2D eigenvalue weighted by Crippen LogP contribution is -2.39. The van der Waals surface area contributed by atoms with E-state index in [1.54, 1.807) is 0 Å². The summed E-state index contributed by atoms with van der Waals surface area (Å²) in [5.74, 6) is -0.755. The summed E-state index contributed by atoms with van der Waals surface area (Å²) in [6, 6.07) is 0. The van der Waals surface area contributed by atoms with E-state index in [1.807, 2.05) is 5.32 Å². The van der Waals surface area contributed by atoms with Crippen LogP contribution in [0.3, 0.4) is 0 Å². The molecule has 0 unspecified atom stereocenters. The highest BCUT2D eigenvalue weighted by molar-refractivity contribution is 5.77. The smallest absolute Gasteiger partial charge is 0.370 e. The van der Waals surface area contributed by atoms with Crippen molar-refractivity contribution in [1.29, 1.82) is 0 Å². The monoisotopic (exact) mass is 282 g/mol. The second-order valence-corrected chi connectivity index (χ2v) is 3.24. The molecule has 0 fully saturated rings. The molecule has 0 rings (SSSR count). The Bertz CT molecular complexity index is 253. The Labute approximate surface area is 98.7 Å². The lowest BCUT2D eigenvalue weighted by molar-refractivity contribution is -0.173. The first-order chi connectivity index (χ1) is 8.10. The van der Waals surface area contributed by atoms with Gasteiger partial charge in [0, 0.05) is 6.54 Å². The minimum Gasteiger partial charge on any atom is -0.370 e. The van der Waals surface area contributed by atoms with Crippen molar-refractivity contribution in [3.63, 3.8) is 0 Å². The van der Waals surface area contributed by atoms with Crippen LogP contribution in [0.2, 0.25) is 0 Å². The molecular weight excluding hydrogens is 270 g/mol. The molecule has 2 N–H and O–H groups in total. The van der Waals surface area contributed by atoms with Gasteiger partial charge in [0.1, 0.15) is 6.61 Å². The van der Waals surface area contributed by atoms with Crippen molar-refractivity contribution >= 4 is 5.91 Å². The summed E-state index contributed by atoms with van der Waals surface area (Å²) in [6.07, 6.45) is -8.87. The summed E-state index contributed by atoms with van der Waals surface area (Å²) >= 11 is 0. The molecule has 0 atom stereocenters. The molecule has 4 nitrogen and oxygen atoms in total. The van der Waals surface area contributed by atoms with Gasteiger partial charge in [-0.05, 0) is 0 Å². The van der Waals surface area contributed by atoms with Crippen molar-refractivity contribution in [3.05, 3.63) is 0 Å². The first-order valence-corrected chi connectivity index (χ1v) is 4.79. The third kappa shape index (κ3) is 13.0. The van der Waals surface area contributed by atoms with Gasteiger partial charge >= 0.3 is 12.4 Å². The van der Waals surface area contributed by atoms with Gasteiger partial charge in [0.15, 0.2) is 0 Å². The van der Waals surface area contributed by atoms with Crippen LogP contribution in [0.5, 0.6) is 0 Å². The van der Waals surface area contributed by atoms with E-state index in [4.69, 9.17) is 0 Å². The van der Waals surface area contributed by atoms with Gasteiger partial charge < -0.3 is 15.4 Å². The van der Waals surface area contributed by atoms with Crippen molar-refractivity contribution < 1.29 is 35.9 Å². The van der Waals surface area contributed by atoms with Gasteiger partial charge in [-0.25, -0.2) is 0 Å². The Hall–Kier alpha value is -1.03. The number of ether oxygens (including phenoxy) is 1. The molecule has 0 aromatic rings. The van der Waals surface area contributed by atoms with Crippen molar-refractivity contribution in [1.82, 2.24) is 10.6 Å². The predicted octanol–water partition coefficient (Wildman–Crippen LogP) is 0.833. The highest BCUT2D eigenvalue weighted by Crippen LogP contribution is 2.14. The molecule has 0 heterocycles. The number of halogens is 6. The van der Waals surface area contributed by atoms with Gasteiger partial charge in [0.2, 0.25) is 5.91 Å². The molecule has 18 heavy (non-hydrogen) atoms. The standard InChI is InChI=1S/C8H12F6N2O2/c9-7(10,11)4-15-3-6(17)16-1-2-18-5-8(12,13)14/h15H,1-5H2,(H,16,17). The molecule has 0 saturated heterocycles. The zero-order valence-corrected chi connectivity index (χ0v) is 9.12. The molecule has 10 heteroatoms. The van der Waals surface area contributed by atoms with Gasteiger partial charge in [-0.1, -0.05) is 0 Å². The van der Waals surface area contributed by atoms with Crippen LogP contribution in [0.25, 0.3) is 0 Å². The van der Waals surface area contributed by atoms with E-state index in [1.165, 1.54) is 0 Å². The zero-order valence-electron chi connectivity index (χ0n) is 9.12. The average molecular weight is 282 g/mol. The molecular formula is C8H12F6N2O2. The van der Waals surface area contributed by atoms with Gasteiger partial charge in [-0.3, -0.25) is 4.79 Å². The summed E-state index contributed by atoms with van der Waals surface area (Å²) in [7, 11) is 0. The van der Waals surface area contributed by atoms with E-state index in [9.17, 15) is 31.1 Å². The molecule has 0 aromatic carbocycles. The number of alkyl halides is 6. The highest BCUT2D eigenvalue weighted by Gasteiger charge is 2.27. The van der Waals surface area contributed by atoms with Gasteiger partial charge in [0.05, 0.1) is 19.7 Å².